The molecule has 1 fully saturated rings. The Bertz CT molecular complexity index is 569. The average molecular weight is 282 g/mol. The molecule has 5 nitrogen and oxygen atoms in total. The second kappa shape index (κ2) is 5.30. The minimum Gasteiger partial charge on any atom is -0.411 e. The van der Waals surface area contributed by atoms with Crippen LogP contribution in [0.25, 0.3) is 0 Å². The van der Waals surface area contributed by atoms with Gasteiger partial charge >= 0.3 is 0 Å². The van der Waals surface area contributed by atoms with Crippen molar-refractivity contribution < 1.29 is 13.6 Å². The van der Waals surface area contributed by atoms with Crippen molar-refractivity contribution in [3.05, 3.63) is 30.3 Å². The minimum atomic E-state index is -3.48. The lowest BCUT2D eigenvalue weighted by atomic mass is 9.95. The van der Waals surface area contributed by atoms with Crippen molar-refractivity contribution in [3.8, 4) is 0 Å². The number of hydrogen-bond donors (Lipinski definition) is 1. The molecule has 2 rings (SSSR count). The zero-order valence-electron chi connectivity index (χ0n) is 11.0. The molecule has 6 heteroatoms. The molecule has 2 atom stereocenters. The summed E-state index contributed by atoms with van der Waals surface area (Å²) in [7, 11) is -3.48. The smallest absolute Gasteiger partial charge is 0.243 e. The zero-order chi connectivity index (χ0) is 14.0. The third-order valence-corrected chi connectivity index (χ3v) is 5.49. The van der Waals surface area contributed by atoms with Crippen LogP contribution in [-0.4, -0.2) is 36.2 Å². The van der Waals surface area contributed by atoms with Crippen LogP contribution in [0.4, 0.5) is 0 Å². The second-order valence-corrected chi connectivity index (χ2v) is 6.82. The van der Waals surface area contributed by atoms with E-state index in [1.165, 1.54) is 4.31 Å². The lowest BCUT2D eigenvalue weighted by molar-refractivity contribution is 0.273. The van der Waals surface area contributed by atoms with Crippen molar-refractivity contribution >= 4 is 15.7 Å². The van der Waals surface area contributed by atoms with E-state index < -0.39 is 10.0 Å². The van der Waals surface area contributed by atoms with Crippen LogP contribution in [0.1, 0.15) is 20.3 Å². The summed E-state index contributed by atoms with van der Waals surface area (Å²) in [6, 6.07) is 8.21. The minimum absolute atomic E-state index is 0.0697. The van der Waals surface area contributed by atoms with Crippen LogP contribution < -0.4 is 0 Å². The summed E-state index contributed by atoms with van der Waals surface area (Å²) in [6.07, 6.45) is 0.462. The fraction of sp³-hybridized carbons (Fsp3) is 0.462. The summed E-state index contributed by atoms with van der Waals surface area (Å²) in [5, 5.41) is 12.2. The lowest BCUT2D eigenvalue weighted by Gasteiger charge is -2.36. The summed E-state index contributed by atoms with van der Waals surface area (Å²) in [6.45, 7) is 4.05. The van der Waals surface area contributed by atoms with Gasteiger partial charge in [0, 0.05) is 24.9 Å². The predicted molar refractivity (Wildman–Crippen MR) is 72.8 cm³/mol. The van der Waals surface area contributed by atoms with E-state index in [-0.39, 0.29) is 12.0 Å². The highest BCUT2D eigenvalue weighted by Crippen LogP contribution is 2.26. The molecule has 1 heterocycles. The van der Waals surface area contributed by atoms with Crippen molar-refractivity contribution in [2.45, 2.75) is 31.2 Å². The molecule has 0 saturated carbocycles. The maximum absolute atomic E-state index is 12.6. The molecule has 0 aromatic heterocycles. The zero-order valence-corrected chi connectivity index (χ0v) is 11.8. The van der Waals surface area contributed by atoms with E-state index in [4.69, 9.17) is 5.21 Å². The maximum Gasteiger partial charge on any atom is 0.243 e. The molecule has 0 bridgehead atoms. The molecule has 1 saturated heterocycles. The lowest BCUT2D eigenvalue weighted by Crippen LogP contribution is -2.48. The van der Waals surface area contributed by atoms with Crippen molar-refractivity contribution in [2.24, 2.45) is 11.1 Å². The number of oxime groups is 1. The van der Waals surface area contributed by atoms with Gasteiger partial charge in [0.1, 0.15) is 0 Å². The molecule has 0 amide bonds. The Morgan fingerprint density at radius 1 is 1.26 bits per heavy atom. The first-order chi connectivity index (χ1) is 8.96. The van der Waals surface area contributed by atoms with Gasteiger partial charge < -0.3 is 5.21 Å². The Morgan fingerprint density at radius 3 is 2.47 bits per heavy atom. The standard InChI is InChI=1S/C13H18N2O3S/c1-10-9-15(11(2)8-13(10)14-16)19(17,18)12-6-4-3-5-7-12/h3-7,10-11,16H,8-9H2,1-2H3/b14-13-/t10-,11-/m1/s1. The van der Waals surface area contributed by atoms with Gasteiger partial charge in [-0.25, -0.2) is 8.42 Å². The van der Waals surface area contributed by atoms with Crippen molar-refractivity contribution in [1.82, 2.24) is 4.31 Å². The molecule has 19 heavy (non-hydrogen) atoms. The van der Waals surface area contributed by atoms with E-state index in [1.54, 1.807) is 30.3 Å². The number of rotatable bonds is 2. The number of piperidine rings is 1. The molecule has 0 aliphatic carbocycles. The van der Waals surface area contributed by atoms with Gasteiger partial charge in [0.2, 0.25) is 10.0 Å². The molecule has 104 valence electrons. The van der Waals surface area contributed by atoms with Gasteiger partial charge in [-0.15, -0.1) is 0 Å². The monoisotopic (exact) mass is 282 g/mol. The summed E-state index contributed by atoms with van der Waals surface area (Å²) < 4.78 is 26.6. The Kier molecular flexibility index (Phi) is 3.91. The van der Waals surface area contributed by atoms with Crippen molar-refractivity contribution in [1.29, 1.82) is 0 Å². The quantitative estimate of drug-likeness (QED) is 0.665. The summed E-state index contributed by atoms with van der Waals surface area (Å²) in [5.74, 6) is -0.0697. The third-order valence-electron chi connectivity index (χ3n) is 3.50. The summed E-state index contributed by atoms with van der Waals surface area (Å²) in [4.78, 5) is 0.304. The van der Waals surface area contributed by atoms with Gasteiger partial charge in [0.05, 0.1) is 10.6 Å². The van der Waals surface area contributed by atoms with E-state index in [2.05, 4.69) is 5.16 Å². The molecule has 0 spiro atoms. The predicted octanol–water partition coefficient (Wildman–Crippen LogP) is 1.94. The largest absolute Gasteiger partial charge is 0.411 e. The molecular weight excluding hydrogens is 264 g/mol. The molecular formula is C13H18N2O3S. The van der Waals surface area contributed by atoms with E-state index in [9.17, 15) is 8.42 Å². The van der Waals surface area contributed by atoms with Crippen LogP contribution in [0.15, 0.2) is 40.4 Å². The van der Waals surface area contributed by atoms with Crippen LogP contribution in [0.5, 0.6) is 0 Å². The average Bonchev–Trinajstić information content (AvgIpc) is 2.41. The summed E-state index contributed by atoms with van der Waals surface area (Å²) >= 11 is 0. The molecule has 1 aliphatic rings. The number of hydrogen-bond acceptors (Lipinski definition) is 4. The van der Waals surface area contributed by atoms with Gasteiger partial charge in [-0.05, 0) is 19.1 Å². The second-order valence-electron chi connectivity index (χ2n) is 4.93. The molecule has 0 unspecified atom stereocenters. The highest BCUT2D eigenvalue weighted by atomic mass is 32.2. The fourth-order valence-corrected chi connectivity index (χ4v) is 4.10. The molecule has 1 aliphatic heterocycles. The Morgan fingerprint density at radius 2 is 1.89 bits per heavy atom. The number of sulfonamides is 1. The van der Waals surface area contributed by atoms with Gasteiger partial charge in [0.15, 0.2) is 0 Å². The van der Waals surface area contributed by atoms with Crippen LogP contribution in [0.2, 0.25) is 0 Å². The molecule has 1 N–H and O–H groups in total. The molecule has 1 aromatic carbocycles. The van der Waals surface area contributed by atoms with Crippen LogP contribution in [0, 0.1) is 5.92 Å². The third kappa shape index (κ3) is 2.64. The number of nitrogens with zero attached hydrogens (tertiary/aromatic N) is 2. The van der Waals surface area contributed by atoms with Crippen molar-refractivity contribution in [3.63, 3.8) is 0 Å². The van der Waals surface area contributed by atoms with E-state index in [0.29, 0.717) is 23.6 Å². The first kappa shape index (κ1) is 14.0. The molecule has 0 radical (unpaired) electrons. The summed E-state index contributed by atoms with van der Waals surface area (Å²) in [5.41, 5.74) is 0.659. The van der Waals surface area contributed by atoms with E-state index in [1.807, 2.05) is 13.8 Å². The van der Waals surface area contributed by atoms with Crippen molar-refractivity contribution in [2.75, 3.05) is 6.54 Å². The Labute approximate surface area is 113 Å². The molecule has 1 aromatic rings. The fourth-order valence-electron chi connectivity index (χ4n) is 2.36. The van der Waals surface area contributed by atoms with Gasteiger partial charge in [-0.2, -0.15) is 4.31 Å². The van der Waals surface area contributed by atoms with E-state index in [0.717, 1.165) is 0 Å². The Hall–Kier alpha value is -1.40. The number of benzene rings is 1. The highest BCUT2D eigenvalue weighted by molar-refractivity contribution is 7.89. The van der Waals surface area contributed by atoms with Crippen LogP contribution >= 0.6 is 0 Å². The van der Waals surface area contributed by atoms with E-state index >= 15 is 0 Å². The first-order valence-electron chi connectivity index (χ1n) is 6.24. The van der Waals surface area contributed by atoms with Gasteiger partial charge in [-0.1, -0.05) is 30.3 Å². The topological polar surface area (TPSA) is 70.0 Å². The maximum atomic E-state index is 12.6. The normalized spacial score (nSPS) is 27.6. The SMILES string of the molecule is C[C@@H]1CN(S(=O)(=O)c2ccccc2)[C@H](C)C/C1=N/O. The van der Waals surface area contributed by atoms with Crippen LogP contribution in [-0.2, 0) is 10.0 Å². The van der Waals surface area contributed by atoms with Gasteiger partial charge in [-0.3, -0.25) is 0 Å². The Balaban J connectivity index is 2.32. The van der Waals surface area contributed by atoms with Gasteiger partial charge in [0.25, 0.3) is 0 Å². The first-order valence-corrected chi connectivity index (χ1v) is 7.68. The highest BCUT2D eigenvalue weighted by Gasteiger charge is 2.36. The van der Waals surface area contributed by atoms with Crippen LogP contribution in [0.3, 0.4) is 0 Å².